The van der Waals surface area contributed by atoms with E-state index in [9.17, 15) is 14.4 Å². The van der Waals surface area contributed by atoms with Gasteiger partial charge in [-0.15, -0.1) is 10.2 Å². The molecule has 0 bridgehead atoms. The summed E-state index contributed by atoms with van der Waals surface area (Å²) in [4.78, 5) is 38.9. The third-order valence-corrected chi connectivity index (χ3v) is 6.37. The number of hydrogen-bond donors (Lipinski definition) is 1. The molecule has 10 nitrogen and oxygen atoms in total. The molecule has 0 aliphatic carbocycles. The Balaban J connectivity index is 1.58. The molecule has 4 aromatic rings. The molecule has 0 aliphatic heterocycles. The minimum absolute atomic E-state index is 0.0827. The molecule has 180 valence electrons. The Morgan fingerprint density at radius 3 is 2.37 bits per heavy atom. The Labute approximate surface area is 205 Å². The third kappa shape index (κ3) is 4.94. The summed E-state index contributed by atoms with van der Waals surface area (Å²) in [7, 11) is 0. The summed E-state index contributed by atoms with van der Waals surface area (Å²) < 4.78 is 3.98. The van der Waals surface area contributed by atoms with Gasteiger partial charge in [-0.3, -0.25) is 18.7 Å². The third-order valence-electron chi connectivity index (χ3n) is 5.45. The van der Waals surface area contributed by atoms with E-state index in [1.54, 1.807) is 23.7 Å². The van der Waals surface area contributed by atoms with Crippen molar-refractivity contribution in [2.24, 2.45) is 0 Å². The number of aryl methyl sites for hydroxylation is 2. The number of nitrogens with zero attached hydrogens (tertiary/aromatic N) is 6. The molecule has 0 fully saturated rings. The standard InChI is InChI=1S/C24H25N7O3S/c1-4-29-23(33)21(22(25)30(24(29)34)13-17-8-6-5-7-9-17)18(32)14-35-20-11-10-19(26-27-20)31-16(3)12-15(2)28-31/h5-12H,4,13-14,25H2,1-3H3. The normalized spacial score (nSPS) is 11.1. The van der Waals surface area contributed by atoms with E-state index >= 15 is 0 Å². The second kappa shape index (κ2) is 10.1. The van der Waals surface area contributed by atoms with Crippen LogP contribution < -0.4 is 17.0 Å². The molecule has 0 unspecified atom stereocenters. The maximum atomic E-state index is 13.1. The van der Waals surface area contributed by atoms with E-state index in [4.69, 9.17) is 5.73 Å². The quantitative estimate of drug-likeness (QED) is 0.293. The van der Waals surface area contributed by atoms with Crippen LogP contribution in [0.2, 0.25) is 0 Å². The van der Waals surface area contributed by atoms with Crippen LogP contribution in [0.4, 0.5) is 5.82 Å². The van der Waals surface area contributed by atoms with Crippen molar-refractivity contribution in [2.45, 2.75) is 38.9 Å². The molecule has 0 spiro atoms. The largest absolute Gasteiger partial charge is 0.384 e. The van der Waals surface area contributed by atoms with Crippen molar-refractivity contribution < 1.29 is 4.79 Å². The van der Waals surface area contributed by atoms with Crippen molar-refractivity contribution in [2.75, 3.05) is 11.5 Å². The van der Waals surface area contributed by atoms with Gasteiger partial charge in [0.25, 0.3) is 5.56 Å². The van der Waals surface area contributed by atoms with Crippen LogP contribution in [-0.4, -0.2) is 40.6 Å². The summed E-state index contributed by atoms with van der Waals surface area (Å²) >= 11 is 1.14. The second-order valence-corrected chi connectivity index (χ2v) is 8.94. The van der Waals surface area contributed by atoms with Crippen molar-refractivity contribution in [3.63, 3.8) is 0 Å². The molecule has 11 heteroatoms. The fraction of sp³-hybridized carbons (Fsp3) is 0.250. The fourth-order valence-corrected chi connectivity index (χ4v) is 4.44. The number of ketones is 1. The van der Waals surface area contributed by atoms with Crippen LogP contribution in [0.25, 0.3) is 5.82 Å². The number of carbonyl (C=O) groups is 1. The van der Waals surface area contributed by atoms with Crippen molar-refractivity contribution in [3.8, 4) is 5.82 Å². The average Bonchev–Trinajstić information content (AvgIpc) is 3.19. The van der Waals surface area contributed by atoms with Crippen molar-refractivity contribution in [1.29, 1.82) is 0 Å². The number of rotatable bonds is 8. The van der Waals surface area contributed by atoms with E-state index in [1.165, 1.54) is 4.57 Å². The smallest absolute Gasteiger partial charge is 0.332 e. The van der Waals surface area contributed by atoms with Gasteiger partial charge in [-0.25, -0.2) is 9.48 Å². The molecule has 0 aliphatic rings. The van der Waals surface area contributed by atoms with E-state index in [1.807, 2.05) is 50.2 Å². The molecule has 4 rings (SSSR count). The zero-order valence-electron chi connectivity index (χ0n) is 19.6. The highest BCUT2D eigenvalue weighted by atomic mass is 32.2. The van der Waals surface area contributed by atoms with Gasteiger partial charge < -0.3 is 5.73 Å². The molecule has 3 heterocycles. The van der Waals surface area contributed by atoms with Crippen molar-refractivity contribution in [3.05, 3.63) is 91.9 Å². The lowest BCUT2D eigenvalue weighted by molar-refractivity contribution is 0.102. The summed E-state index contributed by atoms with van der Waals surface area (Å²) in [6.45, 7) is 5.77. The number of nitrogens with two attached hydrogens (primary N) is 1. The van der Waals surface area contributed by atoms with Crippen LogP contribution in [0.5, 0.6) is 0 Å². The summed E-state index contributed by atoms with van der Waals surface area (Å²) in [5, 5.41) is 13.2. The number of carbonyl (C=O) groups excluding carboxylic acids is 1. The van der Waals surface area contributed by atoms with Gasteiger partial charge in [-0.2, -0.15) is 5.10 Å². The first kappa shape index (κ1) is 24.1. The predicted molar refractivity (Wildman–Crippen MR) is 134 cm³/mol. The topological polar surface area (TPSA) is 131 Å². The number of benzene rings is 1. The number of hydrogen-bond acceptors (Lipinski definition) is 8. The van der Waals surface area contributed by atoms with Gasteiger partial charge in [-0.05, 0) is 44.5 Å². The molecular weight excluding hydrogens is 466 g/mol. The molecule has 0 amide bonds. The maximum absolute atomic E-state index is 13.1. The van der Waals surface area contributed by atoms with Gasteiger partial charge in [0.05, 0.1) is 18.0 Å². The maximum Gasteiger partial charge on any atom is 0.332 e. The summed E-state index contributed by atoms with van der Waals surface area (Å²) in [5.74, 6) is -0.133. The first-order chi connectivity index (χ1) is 16.8. The number of aromatic nitrogens is 6. The molecule has 3 aromatic heterocycles. The summed E-state index contributed by atoms with van der Waals surface area (Å²) in [5.41, 5.74) is 7.41. The number of anilines is 1. The van der Waals surface area contributed by atoms with E-state index in [0.29, 0.717) is 10.8 Å². The lowest BCUT2D eigenvalue weighted by Crippen LogP contribution is -2.44. The lowest BCUT2D eigenvalue weighted by Gasteiger charge is -2.15. The molecule has 2 N–H and O–H groups in total. The first-order valence-corrected chi connectivity index (χ1v) is 12.0. The highest BCUT2D eigenvalue weighted by molar-refractivity contribution is 7.99. The highest BCUT2D eigenvalue weighted by Gasteiger charge is 2.22. The Kier molecular flexibility index (Phi) is 6.97. The molecule has 0 radical (unpaired) electrons. The zero-order valence-corrected chi connectivity index (χ0v) is 20.5. The second-order valence-electron chi connectivity index (χ2n) is 7.94. The minimum atomic E-state index is -0.684. The number of Topliss-reactive ketones (excluding diaryl/α,β-unsaturated/α-hetero) is 1. The summed E-state index contributed by atoms with van der Waals surface area (Å²) in [6, 6.07) is 14.7. The SMILES string of the molecule is CCn1c(=O)c(C(=O)CSc2ccc(-n3nc(C)cc3C)nn2)c(N)n(Cc2ccccc2)c1=O. The number of nitrogen functional groups attached to an aromatic ring is 1. The lowest BCUT2D eigenvalue weighted by atomic mass is 10.2. The molecule has 0 saturated carbocycles. The van der Waals surface area contributed by atoms with Crippen LogP contribution in [0.3, 0.4) is 0 Å². The molecule has 35 heavy (non-hydrogen) atoms. The average molecular weight is 492 g/mol. The van der Waals surface area contributed by atoms with E-state index in [2.05, 4.69) is 15.3 Å². The van der Waals surface area contributed by atoms with Gasteiger partial charge in [0, 0.05) is 12.2 Å². The van der Waals surface area contributed by atoms with Gasteiger partial charge >= 0.3 is 5.69 Å². The van der Waals surface area contributed by atoms with Gasteiger partial charge in [-0.1, -0.05) is 42.1 Å². The Morgan fingerprint density at radius 2 is 1.77 bits per heavy atom. The highest BCUT2D eigenvalue weighted by Crippen LogP contribution is 2.19. The van der Waals surface area contributed by atoms with Gasteiger partial charge in [0.2, 0.25) is 0 Å². The van der Waals surface area contributed by atoms with Gasteiger partial charge in [0.1, 0.15) is 16.4 Å². The van der Waals surface area contributed by atoms with Crippen molar-refractivity contribution in [1.82, 2.24) is 29.1 Å². The number of thioether (sulfide) groups is 1. The Bertz CT molecular complexity index is 1490. The van der Waals surface area contributed by atoms with Gasteiger partial charge in [0.15, 0.2) is 11.6 Å². The minimum Gasteiger partial charge on any atom is -0.384 e. The van der Waals surface area contributed by atoms with E-state index in [-0.39, 0.29) is 30.2 Å². The van der Waals surface area contributed by atoms with Crippen LogP contribution >= 0.6 is 11.8 Å². The van der Waals surface area contributed by atoms with Crippen molar-refractivity contribution >= 4 is 23.4 Å². The molecule has 0 atom stereocenters. The molecule has 1 aromatic carbocycles. The van der Waals surface area contributed by atoms with Crippen LogP contribution in [0, 0.1) is 13.8 Å². The Hall–Kier alpha value is -3.99. The fourth-order valence-electron chi connectivity index (χ4n) is 3.75. The first-order valence-electron chi connectivity index (χ1n) is 11.0. The van der Waals surface area contributed by atoms with Crippen LogP contribution in [0.1, 0.15) is 34.2 Å². The van der Waals surface area contributed by atoms with E-state index in [0.717, 1.165) is 33.3 Å². The Morgan fingerprint density at radius 1 is 1.03 bits per heavy atom. The zero-order chi connectivity index (χ0) is 25.1. The predicted octanol–water partition coefficient (Wildman–Crippen LogP) is 2.23. The summed E-state index contributed by atoms with van der Waals surface area (Å²) in [6.07, 6.45) is 0. The monoisotopic (exact) mass is 491 g/mol. The molecular formula is C24H25N7O3S. The van der Waals surface area contributed by atoms with E-state index < -0.39 is 17.0 Å². The molecule has 0 saturated heterocycles. The van der Waals surface area contributed by atoms with Crippen LogP contribution in [-0.2, 0) is 13.1 Å². The van der Waals surface area contributed by atoms with Crippen LogP contribution in [0.15, 0.2) is 63.1 Å².